The van der Waals surface area contributed by atoms with Crippen molar-refractivity contribution >= 4 is 11.9 Å². The highest BCUT2D eigenvalue weighted by molar-refractivity contribution is 6.06. The first-order valence-electron chi connectivity index (χ1n) is 7.45. The normalized spacial score (nSPS) is 10.7. The number of ether oxygens (including phenoxy) is 3. The van der Waals surface area contributed by atoms with E-state index < -0.39 is 5.82 Å². The summed E-state index contributed by atoms with van der Waals surface area (Å²) in [7, 11) is 2.94. The quantitative estimate of drug-likeness (QED) is 0.565. The van der Waals surface area contributed by atoms with Gasteiger partial charge in [0.05, 0.1) is 20.8 Å². The standard InChI is InChI=1S/C19H19FO4/c1-4-24-19-11-13(6-9-18(19)23-3)5-8-16(21)14-7-10-17(22-2)15(20)12-14/h5-12H,4H2,1-3H3. The minimum absolute atomic E-state index is 0.104. The third-order valence-electron chi connectivity index (χ3n) is 3.35. The molecule has 0 aliphatic rings. The first-order valence-corrected chi connectivity index (χ1v) is 7.45. The van der Waals surface area contributed by atoms with Gasteiger partial charge in [0, 0.05) is 5.56 Å². The van der Waals surface area contributed by atoms with E-state index in [9.17, 15) is 9.18 Å². The summed E-state index contributed by atoms with van der Waals surface area (Å²) in [6.07, 6.45) is 3.03. The maximum atomic E-state index is 13.7. The van der Waals surface area contributed by atoms with Gasteiger partial charge in [0.1, 0.15) is 0 Å². The van der Waals surface area contributed by atoms with Gasteiger partial charge in [-0.25, -0.2) is 4.39 Å². The van der Waals surface area contributed by atoms with Crippen molar-refractivity contribution in [2.24, 2.45) is 0 Å². The number of hydrogen-bond donors (Lipinski definition) is 0. The number of benzene rings is 2. The molecule has 0 N–H and O–H groups in total. The number of ketones is 1. The van der Waals surface area contributed by atoms with E-state index in [-0.39, 0.29) is 17.1 Å². The minimum atomic E-state index is -0.570. The van der Waals surface area contributed by atoms with E-state index in [0.717, 1.165) is 11.6 Å². The molecule has 0 unspecified atom stereocenters. The van der Waals surface area contributed by atoms with E-state index in [1.54, 1.807) is 31.4 Å². The van der Waals surface area contributed by atoms with Crippen LogP contribution in [0.15, 0.2) is 42.5 Å². The Morgan fingerprint density at radius 1 is 1.04 bits per heavy atom. The lowest BCUT2D eigenvalue weighted by molar-refractivity contribution is 0.104. The predicted molar refractivity (Wildman–Crippen MR) is 90.5 cm³/mol. The van der Waals surface area contributed by atoms with Crippen LogP contribution >= 0.6 is 0 Å². The van der Waals surface area contributed by atoms with Crippen LogP contribution in [0.3, 0.4) is 0 Å². The molecule has 0 fully saturated rings. The molecule has 0 atom stereocenters. The highest BCUT2D eigenvalue weighted by Gasteiger charge is 2.08. The summed E-state index contributed by atoms with van der Waals surface area (Å²) in [4.78, 5) is 12.2. The smallest absolute Gasteiger partial charge is 0.185 e. The Hall–Kier alpha value is -2.82. The zero-order valence-corrected chi connectivity index (χ0v) is 13.8. The highest BCUT2D eigenvalue weighted by Crippen LogP contribution is 2.28. The number of halogens is 1. The number of rotatable bonds is 7. The Bertz CT molecular complexity index is 753. The van der Waals surface area contributed by atoms with Gasteiger partial charge in [-0.3, -0.25) is 4.79 Å². The molecule has 0 saturated carbocycles. The Kier molecular flexibility index (Phi) is 5.95. The van der Waals surface area contributed by atoms with Crippen molar-refractivity contribution in [2.75, 3.05) is 20.8 Å². The second kappa shape index (κ2) is 8.15. The van der Waals surface area contributed by atoms with E-state index in [2.05, 4.69) is 0 Å². The molecule has 0 radical (unpaired) electrons. The van der Waals surface area contributed by atoms with Crippen LogP contribution < -0.4 is 14.2 Å². The van der Waals surface area contributed by atoms with Gasteiger partial charge in [-0.2, -0.15) is 0 Å². The topological polar surface area (TPSA) is 44.8 Å². The van der Waals surface area contributed by atoms with Gasteiger partial charge in [-0.15, -0.1) is 0 Å². The lowest BCUT2D eigenvalue weighted by atomic mass is 10.1. The monoisotopic (exact) mass is 330 g/mol. The third kappa shape index (κ3) is 4.13. The predicted octanol–water partition coefficient (Wildman–Crippen LogP) is 4.14. The zero-order chi connectivity index (χ0) is 17.5. The lowest BCUT2D eigenvalue weighted by Crippen LogP contribution is -1.97. The maximum Gasteiger partial charge on any atom is 0.185 e. The number of carbonyl (C=O) groups excluding carboxylic acids is 1. The van der Waals surface area contributed by atoms with Crippen molar-refractivity contribution in [2.45, 2.75) is 6.92 Å². The fraction of sp³-hybridized carbons (Fsp3) is 0.211. The fourth-order valence-corrected chi connectivity index (χ4v) is 2.15. The van der Waals surface area contributed by atoms with Gasteiger partial charge < -0.3 is 14.2 Å². The van der Waals surface area contributed by atoms with Crippen LogP contribution in [0.4, 0.5) is 4.39 Å². The summed E-state index contributed by atoms with van der Waals surface area (Å²) in [5.74, 6) is 0.458. The summed E-state index contributed by atoms with van der Waals surface area (Å²) in [6.45, 7) is 2.39. The molecule has 0 amide bonds. The third-order valence-corrected chi connectivity index (χ3v) is 3.35. The average molecular weight is 330 g/mol. The molecule has 0 bridgehead atoms. The molecule has 0 spiro atoms. The molecule has 0 aliphatic heterocycles. The second-order valence-electron chi connectivity index (χ2n) is 4.89. The van der Waals surface area contributed by atoms with Crippen LogP contribution in [0.1, 0.15) is 22.8 Å². The SMILES string of the molecule is CCOc1cc(C=CC(=O)c2ccc(OC)c(F)c2)ccc1OC. The molecule has 0 aromatic heterocycles. The van der Waals surface area contributed by atoms with Gasteiger partial charge in [0.15, 0.2) is 28.8 Å². The van der Waals surface area contributed by atoms with Gasteiger partial charge in [0.2, 0.25) is 0 Å². The first-order chi connectivity index (χ1) is 11.6. The van der Waals surface area contributed by atoms with Gasteiger partial charge in [-0.1, -0.05) is 12.1 Å². The largest absolute Gasteiger partial charge is 0.494 e. The maximum absolute atomic E-state index is 13.7. The van der Waals surface area contributed by atoms with Gasteiger partial charge >= 0.3 is 0 Å². The fourth-order valence-electron chi connectivity index (χ4n) is 2.15. The lowest BCUT2D eigenvalue weighted by Gasteiger charge is -2.09. The minimum Gasteiger partial charge on any atom is -0.494 e. The van der Waals surface area contributed by atoms with Gasteiger partial charge in [-0.05, 0) is 48.9 Å². The summed E-state index contributed by atoms with van der Waals surface area (Å²) in [5, 5.41) is 0. The molecule has 4 nitrogen and oxygen atoms in total. The Balaban J connectivity index is 2.19. The summed E-state index contributed by atoms with van der Waals surface area (Å²) >= 11 is 0. The Labute approximate surface area is 140 Å². The molecule has 0 heterocycles. The average Bonchev–Trinajstić information content (AvgIpc) is 2.60. The summed E-state index contributed by atoms with van der Waals surface area (Å²) < 4.78 is 29.2. The molecule has 0 saturated heterocycles. The molecule has 0 aliphatic carbocycles. The van der Waals surface area contributed by atoms with E-state index in [0.29, 0.717) is 18.1 Å². The summed E-state index contributed by atoms with van der Waals surface area (Å²) in [5.41, 5.74) is 1.03. The molecular weight excluding hydrogens is 311 g/mol. The van der Waals surface area contributed by atoms with E-state index >= 15 is 0 Å². The molecule has 2 aromatic rings. The number of allylic oxidation sites excluding steroid dienone is 1. The Morgan fingerprint density at radius 3 is 2.38 bits per heavy atom. The van der Waals surface area contributed by atoms with Crippen molar-refractivity contribution in [1.29, 1.82) is 0 Å². The van der Waals surface area contributed by atoms with Crippen LogP contribution in [-0.4, -0.2) is 26.6 Å². The highest BCUT2D eigenvalue weighted by atomic mass is 19.1. The first kappa shape index (κ1) is 17.5. The van der Waals surface area contributed by atoms with Crippen molar-refractivity contribution < 1.29 is 23.4 Å². The molecule has 5 heteroatoms. The number of carbonyl (C=O) groups is 1. The van der Waals surface area contributed by atoms with Crippen LogP contribution in [0.5, 0.6) is 17.2 Å². The molecule has 2 rings (SSSR count). The van der Waals surface area contributed by atoms with E-state index in [1.165, 1.54) is 25.3 Å². The molecular formula is C19H19FO4. The van der Waals surface area contributed by atoms with Crippen molar-refractivity contribution in [3.63, 3.8) is 0 Å². The zero-order valence-electron chi connectivity index (χ0n) is 13.8. The van der Waals surface area contributed by atoms with Gasteiger partial charge in [0.25, 0.3) is 0 Å². The van der Waals surface area contributed by atoms with E-state index in [4.69, 9.17) is 14.2 Å². The number of methoxy groups -OCH3 is 2. The van der Waals surface area contributed by atoms with Crippen molar-refractivity contribution in [3.05, 3.63) is 59.4 Å². The van der Waals surface area contributed by atoms with Crippen LogP contribution in [0, 0.1) is 5.82 Å². The van der Waals surface area contributed by atoms with E-state index in [1.807, 2.05) is 6.92 Å². The molecule has 126 valence electrons. The molecule has 2 aromatic carbocycles. The second-order valence-corrected chi connectivity index (χ2v) is 4.89. The van der Waals surface area contributed by atoms with Crippen LogP contribution in [0.25, 0.3) is 6.08 Å². The molecule has 24 heavy (non-hydrogen) atoms. The summed E-state index contributed by atoms with van der Waals surface area (Å²) in [6, 6.07) is 9.46. The van der Waals surface area contributed by atoms with Crippen molar-refractivity contribution in [1.82, 2.24) is 0 Å². The van der Waals surface area contributed by atoms with Crippen LogP contribution in [0.2, 0.25) is 0 Å². The van der Waals surface area contributed by atoms with Crippen molar-refractivity contribution in [3.8, 4) is 17.2 Å². The number of hydrogen-bond acceptors (Lipinski definition) is 4. The van der Waals surface area contributed by atoms with Crippen LogP contribution in [-0.2, 0) is 0 Å². The Morgan fingerprint density at radius 2 is 1.75 bits per heavy atom.